The molecule has 0 fully saturated rings. The van der Waals surface area contributed by atoms with Crippen molar-refractivity contribution in [2.45, 2.75) is 33.3 Å². The minimum absolute atomic E-state index is 0.340. The van der Waals surface area contributed by atoms with Gasteiger partial charge in [0.25, 0.3) is 0 Å². The maximum Gasteiger partial charge on any atom is 0.160 e. The molecule has 0 aliphatic carbocycles. The number of pyridine rings is 1. The first-order chi connectivity index (χ1) is 8.02. The lowest BCUT2D eigenvalue weighted by molar-refractivity contribution is 0.161. The van der Waals surface area contributed by atoms with Crippen LogP contribution >= 0.6 is 0 Å². The molecule has 1 rings (SSSR count). The van der Waals surface area contributed by atoms with E-state index in [1.54, 1.807) is 13.3 Å². The van der Waals surface area contributed by atoms with Crippen molar-refractivity contribution in [3.05, 3.63) is 18.0 Å². The fourth-order valence-electron chi connectivity index (χ4n) is 1.70. The van der Waals surface area contributed by atoms with Crippen LogP contribution in [0.1, 0.15) is 26.0 Å². The summed E-state index contributed by atoms with van der Waals surface area (Å²) in [5.41, 5.74) is 1.80. The normalized spacial score (nSPS) is 12.6. The summed E-state index contributed by atoms with van der Waals surface area (Å²) in [5, 5.41) is 13.0. The van der Waals surface area contributed by atoms with E-state index in [1.165, 1.54) is 0 Å². The summed E-state index contributed by atoms with van der Waals surface area (Å²) in [6, 6.07) is 1.92. The molecule has 0 bridgehead atoms. The van der Waals surface area contributed by atoms with Crippen LogP contribution in [0.15, 0.2) is 12.3 Å². The fraction of sp³-hybridized carbons (Fsp3) is 0.615. The first-order valence-corrected chi connectivity index (χ1v) is 5.95. The van der Waals surface area contributed by atoms with Crippen molar-refractivity contribution in [2.24, 2.45) is 5.92 Å². The molecule has 1 aromatic rings. The molecular weight excluding hydrogens is 216 g/mol. The summed E-state index contributed by atoms with van der Waals surface area (Å²) in [5.74, 6) is 1.19. The third-order valence-electron chi connectivity index (χ3n) is 2.50. The SMILES string of the molecule is COc1cnc(C)cc1NCC(O)CC(C)C. The number of ether oxygens (including phenoxy) is 1. The van der Waals surface area contributed by atoms with Crippen LogP contribution in [0.4, 0.5) is 5.69 Å². The van der Waals surface area contributed by atoms with Gasteiger partial charge in [-0.25, -0.2) is 0 Å². The van der Waals surface area contributed by atoms with Gasteiger partial charge < -0.3 is 15.2 Å². The average molecular weight is 238 g/mol. The van der Waals surface area contributed by atoms with E-state index in [9.17, 15) is 5.11 Å². The van der Waals surface area contributed by atoms with Crippen molar-refractivity contribution < 1.29 is 9.84 Å². The van der Waals surface area contributed by atoms with Crippen molar-refractivity contribution in [3.8, 4) is 5.75 Å². The molecule has 4 heteroatoms. The fourth-order valence-corrected chi connectivity index (χ4v) is 1.70. The first-order valence-electron chi connectivity index (χ1n) is 5.95. The summed E-state index contributed by atoms with van der Waals surface area (Å²) in [4.78, 5) is 4.16. The molecule has 0 aliphatic rings. The van der Waals surface area contributed by atoms with Crippen LogP contribution in [0.3, 0.4) is 0 Å². The molecule has 96 valence electrons. The van der Waals surface area contributed by atoms with Crippen LogP contribution in [0.5, 0.6) is 5.75 Å². The molecule has 2 N–H and O–H groups in total. The molecule has 0 spiro atoms. The molecule has 0 aromatic carbocycles. The average Bonchev–Trinajstić information content (AvgIpc) is 2.25. The number of aliphatic hydroxyl groups is 1. The number of nitrogens with one attached hydrogen (secondary N) is 1. The number of aliphatic hydroxyl groups excluding tert-OH is 1. The highest BCUT2D eigenvalue weighted by Gasteiger charge is 2.09. The van der Waals surface area contributed by atoms with Gasteiger partial charge in [0.15, 0.2) is 5.75 Å². The van der Waals surface area contributed by atoms with Crippen LogP contribution in [0, 0.1) is 12.8 Å². The molecule has 1 heterocycles. The van der Waals surface area contributed by atoms with E-state index in [0.717, 1.165) is 17.8 Å². The number of methoxy groups -OCH3 is 1. The number of hydrogen-bond acceptors (Lipinski definition) is 4. The zero-order valence-electron chi connectivity index (χ0n) is 11.0. The maximum absolute atomic E-state index is 9.79. The lowest BCUT2D eigenvalue weighted by Crippen LogP contribution is -2.21. The summed E-state index contributed by atoms with van der Waals surface area (Å²) >= 11 is 0. The lowest BCUT2D eigenvalue weighted by Gasteiger charge is -2.16. The van der Waals surface area contributed by atoms with E-state index in [1.807, 2.05) is 13.0 Å². The highest BCUT2D eigenvalue weighted by atomic mass is 16.5. The van der Waals surface area contributed by atoms with Crippen LogP contribution in [-0.2, 0) is 0 Å². The van der Waals surface area contributed by atoms with Crippen molar-refractivity contribution in [2.75, 3.05) is 19.0 Å². The van der Waals surface area contributed by atoms with Gasteiger partial charge in [-0.05, 0) is 25.3 Å². The second-order valence-electron chi connectivity index (χ2n) is 4.69. The Bertz CT molecular complexity index is 353. The quantitative estimate of drug-likeness (QED) is 0.798. The second kappa shape index (κ2) is 6.45. The second-order valence-corrected chi connectivity index (χ2v) is 4.69. The van der Waals surface area contributed by atoms with E-state index in [0.29, 0.717) is 18.2 Å². The molecular formula is C13H22N2O2. The van der Waals surface area contributed by atoms with Crippen LogP contribution in [0.2, 0.25) is 0 Å². The first kappa shape index (κ1) is 13.8. The zero-order chi connectivity index (χ0) is 12.8. The Balaban J connectivity index is 2.58. The molecule has 17 heavy (non-hydrogen) atoms. The van der Waals surface area contributed by atoms with Gasteiger partial charge >= 0.3 is 0 Å². The molecule has 1 unspecified atom stereocenters. The third-order valence-corrected chi connectivity index (χ3v) is 2.50. The number of aryl methyl sites for hydroxylation is 1. The molecule has 0 saturated heterocycles. The number of hydrogen-bond donors (Lipinski definition) is 2. The summed E-state index contributed by atoms with van der Waals surface area (Å²) in [7, 11) is 1.61. The topological polar surface area (TPSA) is 54.4 Å². The monoisotopic (exact) mass is 238 g/mol. The molecule has 0 saturated carbocycles. The lowest BCUT2D eigenvalue weighted by atomic mass is 10.1. The van der Waals surface area contributed by atoms with Crippen LogP contribution in [0.25, 0.3) is 0 Å². The third kappa shape index (κ3) is 4.61. The standard InChI is InChI=1S/C13H22N2O2/c1-9(2)5-11(16)7-15-12-6-10(3)14-8-13(12)17-4/h6,8-9,11,16H,5,7H2,1-4H3,(H,14,15). The van der Waals surface area contributed by atoms with E-state index in [4.69, 9.17) is 4.74 Å². The van der Waals surface area contributed by atoms with Crippen molar-refractivity contribution in [1.82, 2.24) is 4.98 Å². The molecule has 0 amide bonds. The predicted molar refractivity (Wildman–Crippen MR) is 69.5 cm³/mol. The Morgan fingerprint density at radius 2 is 2.18 bits per heavy atom. The minimum atomic E-state index is -0.340. The minimum Gasteiger partial charge on any atom is -0.493 e. The zero-order valence-corrected chi connectivity index (χ0v) is 11.0. The summed E-state index contributed by atoms with van der Waals surface area (Å²) < 4.78 is 5.21. The van der Waals surface area contributed by atoms with Gasteiger partial charge in [0, 0.05) is 12.2 Å². The summed E-state index contributed by atoms with van der Waals surface area (Å²) in [6.45, 7) is 6.65. The summed E-state index contributed by atoms with van der Waals surface area (Å²) in [6.07, 6.45) is 2.14. The van der Waals surface area contributed by atoms with Gasteiger partial charge in [0.1, 0.15) is 0 Å². The largest absolute Gasteiger partial charge is 0.493 e. The Hall–Kier alpha value is -1.29. The highest BCUT2D eigenvalue weighted by molar-refractivity contribution is 5.55. The van der Waals surface area contributed by atoms with Gasteiger partial charge in [-0.1, -0.05) is 13.8 Å². The molecule has 4 nitrogen and oxygen atoms in total. The van der Waals surface area contributed by atoms with Crippen LogP contribution in [-0.4, -0.2) is 29.8 Å². The Kier molecular flexibility index (Phi) is 5.22. The molecule has 1 atom stereocenters. The number of aromatic nitrogens is 1. The van der Waals surface area contributed by atoms with Gasteiger partial charge in [0.2, 0.25) is 0 Å². The van der Waals surface area contributed by atoms with Gasteiger partial charge in [-0.3, -0.25) is 4.98 Å². The van der Waals surface area contributed by atoms with E-state index in [-0.39, 0.29) is 6.10 Å². The van der Waals surface area contributed by atoms with Crippen molar-refractivity contribution in [3.63, 3.8) is 0 Å². The Morgan fingerprint density at radius 1 is 1.47 bits per heavy atom. The number of anilines is 1. The molecule has 1 aromatic heterocycles. The van der Waals surface area contributed by atoms with Gasteiger partial charge in [0.05, 0.1) is 25.1 Å². The van der Waals surface area contributed by atoms with E-state index >= 15 is 0 Å². The Morgan fingerprint density at radius 3 is 2.76 bits per heavy atom. The number of nitrogens with zero attached hydrogens (tertiary/aromatic N) is 1. The smallest absolute Gasteiger partial charge is 0.160 e. The molecule has 0 radical (unpaired) electrons. The van der Waals surface area contributed by atoms with Crippen molar-refractivity contribution >= 4 is 5.69 Å². The van der Waals surface area contributed by atoms with Gasteiger partial charge in [-0.2, -0.15) is 0 Å². The Labute approximate surface area is 103 Å². The predicted octanol–water partition coefficient (Wildman–Crippen LogP) is 2.22. The van der Waals surface area contributed by atoms with E-state index in [2.05, 4.69) is 24.1 Å². The highest BCUT2D eigenvalue weighted by Crippen LogP contribution is 2.23. The van der Waals surface area contributed by atoms with Crippen LogP contribution < -0.4 is 10.1 Å². The van der Waals surface area contributed by atoms with Gasteiger partial charge in [-0.15, -0.1) is 0 Å². The maximum atomic E-state index is 9.79. The number of rotatable bonds is 6. The van der Waals surface area contributed by atoms with E-state index < -0.39 is 0 Å². The van der Waals surface area contributed by atoms with Crippen molar-refractivity contribution in [1.29, 1.82) is 0 Å². The molecule has 0 aliphatic heterocycles.